The zero-order valence-electron chi connectivity index (χ0n) is 10.9. The van der Waals surface area contributed by atoms with Crippen molar-refractivity contribution in [2.24, 2.45) is 5.92 Å². The number of rotatable bonds is 2. The largest absolute Gasteiger partial charge is 0.393 e. The molecule has 1 saturated carbocycles. The van der Waals surface area contributed by atoms with Crippen LogP contribution in [0, 0.1) is 5.92 Å². The fraction of sp³-hybridized carbons (Fsp3) is 1.00. The first-order valence-corrected chi connectivity index (χ1v) is 9.80. The van der Waals surface area contributed by atoms with Gasteiger partial charge in [-0.2, -0.15) is 0 Å². The van der Waals surface area contributed by atoms with E-state index in [1.807, 2.05) is 6.92 Å². The van der Waals surface area contributed by atoms with Crippen LogP contribution in [-0.2, 0) is 9.47 Å². The molecule has 0 bridgehead atoms. The quantitative estimate of drug-likeness (QED) is 0.757. The van der Waals surface area contributed by atoms with Crippen molar-refractivity contribution < 1.29 is 14.6 Å². The van der Waals surface area contributed by atoms with Gasteiger partial charge in [-0.25, -0.2) is 0 Å². The Morgan fingerprint density at radius 1 is 1.25 bits per heavy atom. The van der Waals surface area contributed by atoms with E-state index in [1.54, 1.807) is 0 Å². The molecule has 0 aromatic heterocycles. The maximum atomic E-state index is 10.9. The summed E-state index contributed by atoms with van der Waals surface area (Å²) in [5.41, 5.74) is 0. The van der Waals surface area contributed by atoms with Crippen LogP contribution < -0.4 is 0 Å². The summed E-state index contributed by atoms with van der Waals surface area (Å²) in [6.07, 6.45) is 3.07. The molecule has 0 aromatic rings. The molecule has 2 rings (SSSR count). The van der Waals surface area contributed by atoms with Crippen molar-refractivity contribution in [2.75, 3.05) is 13.2 Å². The van der Waals surface area contributed by atoms with E-state index >= 15 is 0 Å². The van der Waals surface area contributed by atoms with Crippen molar-refractivity contribution in [3.63, 3.8) is 0 Å². The lowest BCUT2D eigenvalue weighted by Crippen LogP contribution is -2.60. The Morgan fingerprint density at radius 2 is 1.81 bits per heavy atom. The Kier molecular flexibility index (Phi) is 2.98. The molecular formula is C12H24O3Si. The smallest absolute Gasteiger partial charge is 0.173 e. The van der Waals surface area contributed by atoms with Gasteiger partial charge in [0, 0.05) is 12.3 Å². The second-order valence-corrected chi connectivity index (χ2v) is 11.9. The highest BCUT2D eigenvalue weighted by Crippen LogP contribution is 2.49. The van der Waals surface area contributed by atoms with Gasteiger partial charge in [0.25, 0.3) is 0 Å². The van der Waals surface area contributed by atoms with Gasteiger partial charge in [0.2, 0.25) is 0 Å². The summed E-state index contributed by atoms with van der Waals surface area (Å²) in [5, 5.41) is 10.3. The first-order valence-electron chi connectivity index (χ1n) is 6.30. The highest BCUT2D eigenvalue weighted by atomic mass is 28.3. The van der Waals surface area contributed by atoms with Crippen LogP contribution in [0.5, 0.6) is 0 Å². The number of hydrogen-bond acceptors (Lipinski definition) is 3. The van der Waals surface area contributed by atoms with Gasteiger partial charge < -0.3 is 14.6 Å². The summed E-state index contributed by atoms with van der Waals surface area (Å²) in [7, 11) is -1.65. The molecule has 2 fully saturated rings. The van der Waals surface area contributed by atoms with Crippen molar-refractivity contribution in [3.05, 3.63) is 0 Å². The van der Waals surface area contributed by atoms with Gasteiger partial charge in [0.15, 0.2) is 5.79 Å². The fourth-order valence-corrected chi connectivity index (χ4v) is 4.40. The van der Waals surface area contributed by atoms with Gasteiger partial charge in [0.05, 0.1) is 26.5 Å². The Hall–Kier alpha value is 0.0969. The van der Waals surface area contributed by atoms with Crippen LogP contribution in [0.4, 0.5) is 0 Å². The van der Waals surface area contributed by atoms with E-state index in [4.69, 9.17) is 9.47 Å². The zero-order valence-corrected chi connectivity index (χ0v) is 11.9. The Labute approximate surface area is 99.1 Å². The van der Waals surface area contributed by atoms with Gasteiger partial charge in [-0.15, -0.1) is 0 Å². The minimum absolute atomic E-state index is 0.147. The minimum atomic E-state index is -1.65. The lowest BCUT2D eigenvalue weighted by Gasteiger charge is -2.46. The molecule has 1 spiro atoms. The van der Waals surface area contributed by atoms with E-state index < -0.39 is 19.1 Å². The average molecular weight is 244 g/mol. The van der Waals surface area contributed by atoms with Crippen molar-refractivity contribution in [3.8, 4) is 0 Å². The van der Waals surface area contributed by atoms with Crippen LogP contribution in [-0.4, -0.2) is 37.4 Å². The monoisotopic (exact) mass is 244 g/mol. The maximum Gasteiger partial charge on any atom is 0.173 e. The molecule has 1 heterocycles. The molecule has 2 aliphatic rings. The third-order valence-corrected chi connectivity index (χ3v) is 7.91. The molecule has 1 aliphatic carbocycles. The summed E-state index contributed by atoms with van der Waals surface area (Å²) in [6, 6.07) is 0. The normalized spacial score (nSPS) is 33.2. The molecule has 3 nitrogen and oxygen atoms in total. The molecule has 1 aliphatic heterocycles. The summed E-state index contributed by atoms with van der Waals surface area (Å²) >= 11 is 0. The molecule has 0 radical (unpaired) electrons. The zero-order chi connectivity index (χ0) is 12.0. The van der Waals surface area contributed by atoms with Crippen LogP contribution in [0.25, 0.3) is 0 Å². The van der Waals surface area contributed by atoms with Gasteiger partial charge in [0.1, 0.15) is 0 Å². The molecule has 16 heavy (non-hydrogen) atoms. The molecular weight excluding hydrogens is 220 g/mol. The van der Waals surface area contributed by atoms with Crippen molar-refractivity contribution >= 4 is 8.07 Å². The summed E-state index contributed by atoms with van der Waals surface area (Å²) in [6.45, 7) is 9.99. The summed E-state index contributed by atoms with van der Waals surface area (Å²) < 4.78 is 11.7. The molecule has 0 unspecified atom stereocenters. The summed E-state index contributed by atoms with van der Waals surface area (Å²) in [5.74, 6) is -0.321. The van der Waals surface area contributed by atoms with Crippen molar-refractivity contribution in [2.45, 2.75) is 56.8 Å². The van der Waals surface area contributed by atoms with Gasteiger partial charge in [-0.3, -0.25) is 0 Å². The van der Waals surface area contributed by atoms with Crippen LogP contribution >= 0.6 is 0 Å². The maximum absolute atomic E-state index is 10.9. The highest BCUT2D eigenvalue weighted by Gasteiger charge is 2.58. The van der Waals surface area contributed by atoms with Crippen LogP contribution in [0.2, 0.25) is 19.6 Å². The van der Waals surface area contributed by atoms with E-state index in [0.29, 0.717) is 13.2 Å². The number of hydrogen-bond donors (Lipinski definition) is 1. The van der Waals surface area contributed by atoms with Crippen LogP contribution in [0.3, 0.4) is 0 Å². The van der Waals surface area contributed by atoms with Gasteiger partial charge in [-0.1, -0.05) is 19.6 Å². The van der Waals surface area contributed by atoms with Crippen LogP contribution in [0.15, 0.2) is 0 Å². The first kappa shape index (κ1) is 12.6. The van der Waals surface area contributed by atoms with Gasteiger partial charge >= 0.3 is 0 Å². The third kappa shape index (κ3) is 1.76. The van der Waals surface area contributed by atoms with Crippen molar-refractivity contribution in [1.29, 1.82) is 0 Å². The van der Waals surface area contributed by atoms with Crippen LogP contribution in [0.1, 0.15) is 26.2 Å². The third-order valence-electron chi connectivity index (χ3n) is 4.52. The molecule has 2 atom stereocenters. The number of ether oxygens (including phenoxy) is 2. The lowest BCUT2D eigenvalue weighted by atomic mass is 9.96. The standard InChI is InChI=1S/C12H24O3Si/c1-11(13,16(2,3)4)10-6-5-7-12(10)14-8-9-15-12/h10,13H,5-9H2,1-4H3/t10-,11-/m0/s1. The average Bonchev–Trinajstić information content (AvgIpc) is 2.75. The predicted molar refractivity (Wildman–Crippen MR) is 65.9 cm³/mol. The predicted octanol–water partition coefficient (Wildman–Crippen LogP) is 2.16. The first-order chi connectivity index (χ1) is 7.30. The highest BCUT2D eigenvalue weighted by molar-refractivity contribution is 6.78. The van der Waals surface area contributed by atoms with Crippen molar-refractivity contribution in [1.82, 2.24) is 0 Å². The molecule has 4 heteroatoms. The summed E-state index contributed by atoms with van der Waals surface area (Å²) in [4.78, 5) is 0. The van der Waals surface area contributed by atoms with E-state index in [-0.39, 0.29) is 5.92 Å². The SMILES string of the molecule is C[C@@](O)([C@@H]1CCCC12OCCO2)[Si](C)(C)C. The fourth-order valence-electron chi connectivity index (χ4n) is 2.99. The Balaban J connectivity index is 2.26. The molecule has 0 amide bonds. The number of aliphatic hydroxyl groups is 1. The minimum Gasteiger partial charge on any atom is -0.393 e. The van der Waals surface area contributed by atoms with E-state index in [2.05, 4.69) is 19.6 Å². The lowest BCUT2D eigenvalue weighted by molar-refractivity contribution is -0.207. The molecule has 1 N–H and O–H groups in total. The molecule has 0 aromatic carbocycles. The second kappa shape index (κ2) is 3.80. The second-order valence-electron chi connectivity index (χ2n) is 6.35. The Bertz CT molecular complexity index is 258. The Morgan fingerprint density at radius 3 is 2.31 bits per heavy atom. The van der Waals surface area contributed by atoms with E-state index in [1.165, 1.54) is 0 Å². The van der Waals surface area contributed by atoms with E-state index in [9.17, 15) is 5.11 Å². The molecule has 94 valence electrons. The molecule has 1 saturated heterocycles. The topological polar surface area (TPSA) is 38.7 Å². The van der Waals surface area contributed by atoms with E-state index in [0.717, 1.165) is 19.3 Å². The van der Waals surface area contributed by atoms with Gasteiger partial charge in [-0.05, 0) is 19.8 Å².